The first-order valence-corrected chi connectivity index (χ1v) is 17.1. The summed E-state index contributed by atoms with van der Waals surface area (Å²) in [5, 5.41) is -25.2. The Bertz CT molecular complexity index is 3680. The molecule has 0 atom stereocenters. The van der Waals surface area contributed by atoms with Gasteiger partial charge in [0.05, 0.1) is 48.6 Å². The molecule has 0 aliphatic carbocycles. The molecule has 0 heterocycles. The quantitative estimate of drug-likeness (QED) is 0.0427. The van der Waals surface area contributed by atoms with Crippen molar-refractivity contribution in [2.75, 3.05) is 0 Å². The van der Waals surface area contributed by atoms with E-state index in [9.17, 15) is 30.7 Å². The van der Waals surface area contributed by atoms with Crippen molar-refractivity contribution in [3.63, 3.8) is 0 Å². The Morgan fingerprint density at radius 1 is 0.246 bits per heavy atom. The summed E-state index contributed by atoms with van der Waals surface area (Å²) in [6.45, 7) is 0. The normalized spacial score (nSPS) is 12.2. The van der Waals surface area contributed by atoms with Gasteiger partial charge in [-0.3, -0.25) is 0 Å². The van der Waals surface area contributed by atoms with Gasteiger partial charge in [-0.1, -0.05) is 12.1 Å². The molecule has 0 bridgehead atoms. The highest BCUT2D eigenvalue weighted by molar-refractivity contribution is 6.66. The fourth-order valence-electron chi connectivity index (χ4n) is 7.66. The van der Waals surface area contributed by atoms with Crippen LogP contribution >= 0.6 is 0 Å². The lowest BCUT2D eigenvalue weighted by molar-refractivity contribution is 0.400. The largest absolute Gasteiger partial charge is 0.636 e. The van der Waals surface area contributed by atoms with Crippen molar-refractivity contribution >= 4 is 77.2 Å². The topological polar surface area (TPSA) is 18.5 Å². The lowest BCUT2D eigenvalue weighted by Crippen LogP contribution is -2.46. The summed E-state index contributed by atoms with van der Waals surface area (Å²) in [4.78, 5) is 0. The minimum Gasteiger partial charge on any atom is -0.521 e. The van der Waals surface area contributed by atoms with Crippen LogP contribution < -0.4 is 14.8 Å². The lowest BCUT2D eigenvalue weighted by Gasteiger charge is -2.24. The van der Waals surface area contributed by atoms with Crippen LogP contribution in [0.1, 0.15) is 0 Å². The Kier molecular flexibility index (Phi) is 9.44. The molecule has 0 aliphatic heterocycles. The predicted molar refractivity (Wildman–Crippen MR) is 181 cm³/mol. The first-order valence-electron chi connectivity index (χ1n) is 17.1. The van der Waals surface area contributed by atoms with E-state index in [-0.39, 0.29) is 0 Å². The van der Waals surface area contributed by atoms with Crippen molar-refractivity contribution in [2.45, 2.75) is 0 Å². The van der Waals surface area contributed by atoms with Gasteiger partial charge in [0.1, 0.15) is 17.4 Å². The third-order valence-corrected chi connectivity index (χ3v) is 10.4. The average molecular weight is 944 g/mol. The maximum absolute atomic E-state index is 16.6. The maximum atomic E-state index is 16.6. The number of hydrogen-bond donors (Lipinski definition) is 0. The van der Waals surface area contributed by atoms with E-state index in [1.54, 1.807) is 0 Å². The van der Waals surface area contributed by atoms with E-state index in [4.69, 9.17) is 9.31 Å². The fourth-order valence-corrected chi connectivity index (χ4v) is 7.66. The van der Waals surface area contributed by atoms with Crippen molar-refractivity contribution in [1.82, 2.24) is 0 Å². The number of fused-ring (bicyclic) bond motifs is 3. The van der Waals surface area contributed by atoms with Crippen molar-refractivity contribution in [3.8, 4) is 11.5 Å². The van der Waals surface area contributed by atoms with Crippen LogP contribution in [0.15, 0.2) is 18.2 Å². The van der Waals surface area contributed by atoms with E-state index in [0.717, 1.165) is 0 Å². The molecule has 332 valence electrons. The molecular weight excluding hydrogens is 941 g/mol. The van der Waals surface area contributed by atoms with Crippen LogP contribution in [0.5, 0.6) is 11.5 Å². The smallest absolute Gasteiger partial charge is 0.521 e. The van der Waals surface area contributed by atoms with Crippen molar-refractivity contribution < 1.29 is 106 Å². The van der Waals surface area contributed by atoms with Gasteiger partial charge in [-0.15, -0.1) is 0 Å². The fraction of sp³-hybridized carbons (Fsp3) is 0. The van der Waals surface area contributed by atoms with E-state index < -0.39 is 217 Å². The highest BCUT2D eigenvalue weighted by Gasteiger charge is 2.44. The molecule has 0 amide bonds. The molecule has 0 saturated heterocycles. The summed E-state index contributed by atoms with van der Waals surface area (Å²) in [6, 6.07) is 1.27. The van der Waals surface area contributed by atoms with E-state index in [2.05, 4.69) is 0 Å². The zero-order valence-corrected chi connectivity index (χ0v) is 29.9. The summed E-state index contributed by atoms with van der Waals surface area (Å²) >= 11 is 0. The average Bonchev–Trinajstić information content (AvgIpc) is 3.27. The van der Waals surface area contributed by atoms with Crippen LogP contribution in [0.3, 0.4) is 0 Å². The second-order valence-corrected chi connectivity index (χ2v) is 13.6. The van der Waals surface area contributed by atoms with Crippen LogP contribution in [0.2, 0.25) is 0 Å². The Morgan fingerprint density at radius 2 is 0.569 bits per heavy atom. The van der Waals surface area contributed by atoms with Gasteiger partial charge in [-0.2, -0.15) is 4.39 Å². The lowest BCUT2D eigenvalue weighted by atomic mass is 9.73. The van der Waals surface area contributed by atoms with E-state index in [1.807, 2.05) is 0 Å². The Balaban J connectivity index is 1.48. The van der Waals surface area contributed by atoms with Crippen LogP contribution in [0.4, 0.5) is 96.6 Å². The van der Waals surface area contributed by atoms with Gasteiger partial charge in [0.15, 0.2) is 122 Å². The number of rotatable bonds is 5. The molecule has 0 spiro atoms. The van der Waals surface area contributed by atoms with Crippen molar-refractivity contribution in [3.05, 3.63) is 146 Å². The van der Waals surface area contributed by atoms with Crippen molar-refractivity contribution in [2.24, 2.45) is 0 Å². The van der Waals surface area contributed by atoms with Crippen molar-refractivity contribution in [1.29, 1.82) is 0 Å². The minimum absolute atomic E-state index is 0.303. The minimum atomic E-state index is -3.93. The molecule has 0 unspecified atom stereocenters. The van der Waals surface area contributed by atoms with Gasteiger partial charge < -0.3 is 9.31 Å². The second-order valence-electron chi connectivity index (χ2n) is 13.6. The first-order chi connectivity index (χ1) is 30.5. The SMILES string of the molecule is Fc1c(F)c(F)c2c(OB(Oc3c(F)c(F)c4c(F)c(F)c5c(F)c(F)c(F)c6c(F)c(F)c3c4c56)c3c(F)c(F)c(F)c4c(F)c5c(F)c(F)c(F)c(F)c5c(F)c34)cccc2c1F. The molecule has 0 aromatic heterocycles. The Morgan fingerprint density at radius 3 is 1.06 bits per heavy atom. The zero-order valence-electron chi connectivity index (χ0n) is 29.9. The number of benzene rings is 9. The zero-order chi connectivity index (χ0) is 47.5. The molecule has 9 rings (SSSR count). The number of hydrogen-bond acceptors (Lipinski definition) is 2. The molecule has 2 nitrogen and oxygen atoms in total. The van der Waals surface area contributed by atoms with Crippen LogP contribution in [-0.4, -0.2) is 7.12 Å². The van der Waals surface area contributed by atoms with Crippen LogP contribution in [-0.2, 0) is 0 Å². The van der Waals surface area contributed by atoms with E-state index >= 15 is 65.9 Å². The molecule has 0 fully saturated rings. The Hall–Kier alpha value is -7.08. The molecule has 25 heteroatoms. The Labute approximate surface area is 340 Å². The molecule has 0 N–H and O–H groups in total. The summed E-state index contributed by atoms with van der Waals surface area (Å²) < 4.78 is 348. The summed E-state index contributed by atoms with van der Waals surface area (Å²) in [5.41, 5.74) is -2.48. The molecule has 65 heavy (non-hydrogen) atoms. The summed E-state index contributed by atoms with van der Waals surface area (Å²) in [6.07, 6.45) is 0. The highest BCUT2D eigenvalue weighted by Crippen LogP contribution is 2.49. The molecule has 0 radical (unpaired) electrons. The standard InChI is InChI=1S/C40H3BF22O2/c42-18-4-2-1-3-5(6(4)21(45)36(60)33(18)57)64-41(17-9-13(27(51)35(59)32(17)56)20(44)15-14(19(9)43)28(52)37(61)38(62)29(15)53)65-40-16-8-7-10(22(46)23(47)12(8)30(54)39(40)63)25(49)34(58)26(50)11(7)24(48)31(16)55/h1-3H. The van der Waals surface area contributed by atoms with Gasteiger partial charge in [0, 0.05) is 21.5 Å². The maximum Gasteiger partial charge on any atom is 0.636 e. The van der Waals surface area contributed by atoms with Crippen LogP contribution in [0.25, 0.3) is 64.6 Å². The van der Waals surface area contributed by atoms with E-state index in [1.165, 1.54) is 0 Å². The monoisotopic (exact) mass is 944 g/mol. The molecule has 0 aliphatic rings. The first kappa shape index (κ1) is 43.2. The molecule has 9 aromatic carbocycles. The van der Waals surface area contributed by atoms with Gasteiger partial charge >= 0.3 is 7.12 Å². The number of halogens is 22. The highest BCUT2D eigenvalue weighted by atomic mass is 19.2. The second kappa shape index (κ2) is 14.2. The van der Waals surface area contributed by atoms with Gasteiger partial charge in [0.25, 0.3) is 0 Å². The molecular formula is C40H3BF22O2. The summed E-state index contributed by atoms with van der Waals surface area (Å²) in [5.74, 6) is -65.8. The van der Waals surface area contributed by atoms with Gasteiger partial charge in [0.2, 0.25) is 0 Å². The predicted octanol–water partition coefficient (Wildman–Crippen LogP) is 13.0. The van der Waals surface area contributed by atoms with Gasteiger partial charge in [-0.05, 0) is 6.07 Å². The molecule has 9 aromatic rings. The third-order valence-electron chi connectivity index (χ3n) is 10.4. The van der Waals surface area contributed by atoms with Gasteiger partial charge in [-0.25, -0.2) is 92.2 Å². The molecule has 0 saturated carbocycles. The van der Waals surface area contributed by atoms with E-state index in [0.29, 0.717) is 18.2 Å². The van der Waals surface area contributed by atoms with Crippen LogP contribution in [0, 0.1) is 128 Å². The summed E-state index contributed by atoms with van der Waals surface area (Å²) in [7, 11) is -3.93. The third kappa shape index (κ3) is 5.36.